The Hall–Kier alpha value is -2.37. The molecule has 2 aliphatic carbocycles. The second-order valence-corrected chi connectivity index (χ2v) is 7.46. The van der Waals surface area contributed by atoms with Crippen LogP contribution in [-0.4, -0.2) is 23.8 Å². The molecule has 0 aromatic heterocycles. The van der Waals surface area contributed by atoms with Crippen molar-refractivity contribution < 1.29 is 14.4 Å². The Morgan fingerprint density at radius 1 is 0.846 bits per heavy atom. The van der Waals surface area contributed by atoms with Crippen LogP contribution in [0.25, 0.3) is 0 Å². The molecule has 2 fully saturated rings. The first-order valence-corrected chi connectivity index (χ1v) is 9.50. The Kier molecular flexibility index (Phi) is 5.59. The standard InChI is InChI=1S/C20H27N3O3/c1-14(24)21-16-8-10-17(11-9-16)23-19(26)20(12-13-20)18(25)22-15-6-4-2-3-5-7-15/h8-11,15H,2-7,12-13H2,1H3,(H,21,24)(H,22,25)(H,23,26). The molecule has 3 rings (SSSR count). The van der Waals surface area contributed by atoms with Gasteiger partial charge in [-0.3, -0.25) is 14.4 Å². The molecule has 3 N–H and O–H groups in total. The van der Waals surface area contributed by atoms with Gasteiger partial charge in [-0.25, -0.2) is 0 Å². The zero-order valence-corrected chi connectivity index (χ0v) is 15.3. The van der Waals surface area contributed by atoms with E-state index in [1.807, 2.05) is 0 Å². The lowest BCUT2D eigenvalue weighted by atomic mass is 10.0. The maximum absolute atomic E-state index is 12.7. The molecule has 0 heterocycles. The summed E-state index contributed by atoms with van der Waals surface area (Å²) in [7, 11) is 0. The molecule has 0 radical (unpaired) electrons. The van der Waals surface area contributed by atoms with Crippen molar-refractivity contribution in [3.05, 3.63) is 24.3 Å². The van der Waals surface area contributed by atoms with Crippen LogP contribution in [0.4, 0.5) is 11.4 Å². The Bertz CT molecular complexity index is 672. The number of carbonyl (C=O) groups excluding carboxylic acids is 3. The van der Waals surface area contributed by atoms with Gasteiger partial charge in [-0.15, -0.1) is 0 Å². The van der Waals surface area contributed by atoms with Crippen LogP contribution in [0.3, 0.4) is 0 Å². The Balaban J connectivity index is 1.57. The SMILES string of the molecule is CC(=O)Nc1ccc(NC(=O)C2(C(=O)NC3CCCCCC3)CC2)cc1. The normalized spacial score (nSPS) is 19.1. The van der Waals surface area contributed by atoms with Gasteiger partial charge in [-0.1, -0.05) is 25.7 Å². The first-order chi connectivity index (χ1) is 12.5. The lowest BCUT2D eigenvalue weighted by Gasteiger charge is -2.21. The minimum Gasteiger partial charge on any atom is -0.352 e. The highest BCUT2D eigenvalue weighted by molar-refractivity contribution is 6.13. The van der Waals surface area contributed by atoms with E-state index < -0.39 is 5.41 Å². The Morgan fingerprint density at radius 2 is 1.38 bits per heavy atom. The number of amides is 3. The van der Waals surface area contributed by atoms with Gasteiger partial charge in [0, 0.05) is 24.3 Å². The van der Waals surface area contributed by atoms with Gasteiger partial charge in [-0.2, -0.15) is 0 Å². The van der Waals surface area contributed by atoms with E-state index in [0.717, 1.165) is 25.7 Å². The van der Waals surface area contributed by atoms with Crippen molar-refractivity contribution in [2.45, 2.75) is 64.3 Å². The number of rotatable bonds is 5. The van der Waals surface area contributed by atoms with Crippen LogP contribution < -0.4 is 16.0 Å². The monoisotopic (exact) mass is 357 g/mol. The van der Waals surface area contributed by atoms with Gasteiger partial charge >= 0.3 is 0 Å². The Labute approximate surface area is 154 Å². The van der Waals surface area contributed by atoms with Crippen molar-refractivity contribution in [2.24, 2.45) is 5.41 Å². The smallest absolute Gasteiger partial charge is 0.240 e. The van der Waals surface area contributed by atoms with Crippen molar-refractivity contribution in [1.29, 1.82) is 0 Å². The molecule has 0 aliphatic heterocycles. The van der Waals surface area contributed by atoms with Crippen LogP contribution in [0.2, 0.25) is 0 Å². The van der Waals surface area contributed by atoms with Crippen LogP contribution in [0.15, 0.2) is 24.3 Å². The summed E-state index contributed by atoms with van der Waals surface area (Å²) >= 11 is 0. The summed E-state index contributed by atoms with van der Waals surface area (Å²) in [6.07, 6.45) is 7.96. The van der Waals surface area contributed by atoms with Crippen molar-refractivity contribution in [1.82, 2.24) is 5.32 Å². The predicted molar refractivity (Wildman–Crippen MR) is 101 cm³/mol. The van der Waals surface area contributed by atoms with Crippen molar-refractivity contribution >= 4 is 29.1 Å². The van der Waals surface area contributed by atoms with Gasteiger partial charge in [0.1, 0.15) is 5.41 Å². The molecule has 3 amide bonds. The number of nitrogens with one attached hydrogen (secondary N) is 3. The predicted octanol–water partition coefficient (Wildman–Crippen LogP) is 3.20. The minimum absolute atomic E-state index is 0.128. The van der Waals surface area contributed by atoms with Gasteiger partial charge in [0.2, 0.25) is 17.7 Å². The van der Waals surface area contributed by atoms with Gasteiger partial charge in [-0.05, 0) is 49.9 Å². The second kappa shape index (κ2) is 7.89. The van der Waals surface area contributed by atoms with Crippen molar-refractivity contribution in [3.63, 3.8) is 0 Å². The highest BCUT2D eigenvalue weighted by Crippen LogP contribution is 2.47. The second-order valence-electron chi connectivity index (χ2n) is 7.46. The summed E-state index contributed by atoms with van der Waals surface area (Å²) in [6, 6.07) is 7.10. The molecule has 1 aromatic carbocycles. The van der Waals surface area contributed by atoms with E-state index in [-0.39, 0.29) is 23.8 Å². The zero-order chi connectivity index (χ0) is 18.6. The molecule has 0 saturated heterocycles. The third-order valence-corrected chi connectivity index (χ3v) is 5.27. The van der Waals surface area contributed by atoms with E-state index in [4.69, 9.17) is 0 Å². The van der Waals surface area contributed by atoms with Gasteiger partial charge in [0.15, 0.2) is 0 Å². The summed E-state index contributed by atoms with van der Waals surface area (Å²) in [5.41, 5.74) is 0.378. The molecule has 0 spiro atoms. The fourth-order valence-electron chi connectivity index (χ4n) is 3.52. The zero-order valence-electron chi connectivity index (χ0n) is 15.3. The highest BCUT2D eigenvalue weighted by atomic mass is 16.2. The average Bonchev–Trinajstić information content (AvgIpc) is 3.41. The molecule has 0 unspecified atom stereocenters. The van der Waals surface area contributed by atoms with Gasteiger partial charge < -0.3 is 16.0 Å². The van der Waals surface area contributed by atoms with E-state index in [1.165, 1.54) is 19.8 Å². The molecule has 26 heavy (non-hydrogen) atoms. The van der Waals surface area contributed by atoms with Gasteiger partial charge in [0.05, 0.1) is 0 Å². The van der Waals surface area contributed by atoms with E-state index in [9.17, 15) is 14.4 Å². The fourth-order valence-corrected chi connectivity index (χ4v) is 3.52. The lowest BCUT2D eigenvalue weighted by Crippen LogP contribution is -2.44. The van der Waals surface area contributed by atoms with Gasteiger partial charge in [0.25, 0.3) is 0 Å². The van der Waals surface area contributed by atoms with Crippen LogP contribution in [0.5, 0.6) is 0 Å². The summed E-state index contributed by atoms with van der Waals surface area (Å²) < 4.78 is 0. The van der Waals surface area contributed by atoms with E-state index in [2.05, 4.69) is 16.0 Å². The molecule has 0 bridgehead atoms. The number of anilines is 2. The first-order valence-electron chi connectivity index (χ1n) is 9.50. The Morgan fingerprint density at radius 3 is 1.88 bits per heavy atom. The summed E-state index contributed by atoms with van der Waals surface area (Å²) in [6.45, 7) is 1.44. The summed E-state index contributed by atoms with van der Waals surface area (Å²) in [5.74, 6) is -0.512. The molecular weight excluding hydrogens is 330 g/mol. The van der Waals surface area contributed by atoms with Crippen molar-refractivity contribution in [3.8, 4) is 0 Å². The van der Waals surface area contributed by atoms with Crippen LogP contribution in [0.1, 0.15) is 58.3 Å². The topological polar surface area (TPSA) is 87.3 Å². The quantitative estimate of drug-likeness (QED) is 0.558. The van der Waals surface area contributed by atoms with E-state index >= 15 is 0 Å². The fraction of sp³-hybridized carbons (Fsp3) is 0.550. The van der Waals surface area contributed by atoms with E-state index in [0.29, 0.717) is 24.2 Å². The van der Waals surface area contributed by atoms with E-state index in [1.54, 1.807) is 24.3 Å². The molecule has 2 aliphatic rings. The van der Waals surface area contributed by atoms with Crippen LogP contribution in [0, 0.1) is 5.41 Å². The molecule has 1 aromatic rings. The largest absolute Gasteiger partial charge is 0.352 e. The minimum atomic E-state index is -0.914. The molecule has 140 valence electrons. The maximum Gasteiger partial charge on any atom is 0.240 e. The summed E-state index contributed by atoms with van der Waals surface area (Å²) in [5, 5.41) is 8.64. The highest BCUT2D eigenvalue weighted by Gasteiger charge is 2.56. The third kappa shape index (κ3) is 4.42. The van der Waals surface area contributed by atoms with Crippen LogP contribution in [-0.2, 0) is 14.4 Å². The molecule has 0 atom stereocenters. The number of benzene rings is 1. The number of carbonyl (C=O) groups is 3. The maximum atomic E-state index is 12.7. The molecular formula is C20H27N3O3. The molecule has 2 saturated carbocycles. The third-order valence-electron chi connectivity index (χ3n) is 5.27. The first kappa shape index (κ1) is 18.4. The molecule has 6 nitrogen and oxygen atoms in total. The summed E-state index contributed by atoms with van der Waals surface area (Å²) in [4.78, 5) is 36.4. The molecule has 6 heteroatoms. The average molecular weight is 357 g/mol. The van der Waals surface area contributed by atoms with Crippen molar-refractivity contribution in [2.75, 3.05) is 10.6 Å². The number of hydrogen-bond acceptors (Lipinski definition) is 3. The van der Waals surface area contributed by atoms with Crippen LogP contribution >= 0.6 is 0 Å². The lowest BCUT2D eigenvalue weighted by molar-refractivity contribution is -0.135. The number of hydrogen-bond donors (Lipinski definition) is 3.